The highest BCUT2D eigenvalue weighted by atomic mass is 19.1. The maximum atomic E-state index is 12.9. The van der Waals surface area contributed by atoms with Crippen LogP contribution in [0.4, 0.5) is 4.39 Å². The van der Waals surface area contributed by atoms with Crippen LogP contribution in [0, 0.1) is 11.7 Å². The third-order valence-corrected chi connectivity index (χ3v) is 4.33. The molecule has 4 heteroatoms. The largest absolute Gasteiger partial charge is 0.375 e. The van der Waals surface area contributed by atoms with E-state index in [0.717, 1.165) is 31.5 Å². The fourth-order valence-electron chi connectivity index (χ4n) is 3.31. The standard InChI is InChI=1S/C16H20FNO2/c1-11-8-13-10-18(7-6-15(13)20-11)16(19)9-12-2-4-14(17)5-3-12/h2-5,11,13,15H,6-10H2,1H3/t11-,13-,15+/m1/s1. The van der Waals surface area contributed by atoms with Crippen molar-refractivity contribution < 1.29 is 13.9 Å². The van der Waals surface area contributed by atoms with E-state index in [4.69, 9.17) is 4.74 Å². The number of carbonyl (C=O) groups is 1. The molecule has 1 aromatic rings. The van der Waals surface area contributed by atoms with Crippen LogP contribution in [0.1, 0.15) is 25.3 Å². The smallest absolute Gasteiger partial charge is 0.227 e. The summed E-state index contributed by atoms with van der Waals surface area (Å²) in [6.45, 7) is 3.67. The fraction of sp³-hybridized carbons (Fsp3) is 0.562. The van der Waals surface area contributed by atoms with Crippen molar-refractivity contribution in [3.63, 3.8) is 0 Å². The molecule has 2 aliphatic rings. The minimum atomic E-state index is -0.265. The van der Waals surface area contributed by atoms with Gasteiger partial charge in [-0.2, -0.15) is 0 Å². The number of hydrogen-bond donors (Lipinski definition) is 0. The highest BCUT2D eigenvalue weighted by Crippen LogP contribution is 2.32. The lowest BCUT2D eigenvalue weighted by Crippen LogP contribution is -2.45. The Morgan fingerprint density at radius 1 is 1.40 bits per heavy atom. The summed E-state index contributed by atoms with van der Waals surface area (Å²) in [5.74, 6) is 0.352. The molecule has 108 valence electrons. The Balaban J connectivity index is 1.59. The number of carbonyl (C=O) groups excluding carboxylic acids is 1. The molecule has 2 aliphatic heterocycles. The van der Waals surface area contributed by atoms with Gasteiger partial charge in [-0.1, -0.05) is 12.1 Å². The van der Waals surface area contributed by atoms with Crippen molar-refractivity contribution in [3.05, 3.63) is 35.6 Å². The van der Waals surface area contributed by atoms with E-state index in [9.17, 15) is 9.18 Å². The van der Waals surface area contributed by atoms with Crippen LogP contribution >= 0.6 is 0 Å². The van der Waals surface area contributed by atoms with Gasteiger partial charge in [-0.15, -0.1) is 0 Å². The second-order valence-corrected chi connectivity index (χ2v) is 5.91. The fourth-order valence-corrected chi connectivity index (χ4v) is 3.31. The Morgan fingerprint density at radius 3 is 2.90 bits per heavy atom. The summed E-state index contributed by atoms with van der Waals surface area (Å²) in [5, 5.41) is 0. The summed E-state index contributed by atoms with van der Waals surface area (Å²) >= 11 is 0. The number of rotatable bonds is 2. The highest BCUT2D eigenvalue weighted by molar-refractivity contribution is 5.78. The average molecular weight is 277 g/mol. The molecule has 3 rings (SSSR count). The molecule has 2 fully saturated rings. The number of fused-ring (bicyclic) bond motifs is 1. The van der Waals surface area contributed by atoms with Crippen molar-refractivity contribution in [1.29, 1.82) is 0 Å². The van der Waals surface area contributed by atoms with E-state index in [2.05, 4.69) is 6.92 Å². The van der Waals surface area contributed by atoms with Crippen molar-refractivity contribution >= 4 is 5.91 Å². The molecule has 3 nitrogen and oxygen atoms in total. The molecular weight excluding hydrogens is 257 g/mol. The second kappa shape index (κ2) is 5.52. The van der Waals surface area contributed by atoms with Crippen LogP contribution < -0.4 is 0 Å². The number of hydrogen-bond acceptors (Lipinski definition) is 2. The Morgan fingerprint density at radius 2 is 2.15 bits per heavy atom. The first kappa shape index (κ1) is 13.6. The zero-order valence-electron chi connectivity index (χ0n) is 11.7. The van der Waals surface area contributed by atoms with Crippen molar-refractivity contribution in [3.8, 4) is 0 Å². The van der Waals surface area contributed by atoms with Crippen LogP contribution in [0.25, 0.3) is 0 Å². The van der Waals surface area contributed by atoms with Gasteiger partial charge < -0.3 is 9.64 Å². The number of amides is 1. The molecule has 0 aliphatic carbocycles. The number of halogens is 1. The van der Waals surface area contributed by atoms with E-state index in [1.165, 1.54) is 12.1 Å². The zero-order valence-corrected chi connectivity index (χ0v) is 11.7. The van der Waals surface area contributed by atoms with Gasteiger partial charge >= 0.3 is 0 Å². The predicted molar refractivity (Wildman–Crippen MR) is 73.7 cm³/mol. The monoisotopic (exact) mass is 277 g/mol. The second-order valence-electron chi connectivity index (χ2n) is 5.91. The lowest BCUT2D eigenvalue weighted by Gasteiger charge is -2.34. The van der Waals surface area contributed by atoms with Crippen molar-refractivity contribution in [2.75, 3.05) is 13.1 Å². The molecular formula is C16H20FNO2. The number of ether oxygens (including phenoxy) is 1. The molecule has 0 spiro atoms. The molecule has 2 heterocycles. The minimum absolute atomic E-state index is 0.134. The summed E-state index contributed by atoms with van der Waals surface area (Å²) in [6, 6.07) is 6.17. The predicted octanol–water partition coefficient (Wildman–Crippen LogP) is 2.39. The van der Waals surface area contributed by atoms with Gasteiger partial charge in [0, 0.05) is 19.0 Å². The van der Waals surface area contributed by atoms with Crippen LogP contribution in [0.15, 0.2) is 24.3 Å². The minimum Gasteiger partial charge on any atom is -0.375 e. The first-order valence-corrected chi connectivity index (χ1v) is 7.29. The molecule has 2 saturated heterocycles. The van der Waals surface area contributed by atoms with Crippen molar-refractivity contribution in [2.45, 2.75) is 38.4 Å². The molecule has 3 atom stereocenters. The maximum Gasteiger partial charge on any atom is 0.227 e. The van der Waals surface area contributed by atoms with Gasteiger partial charge in [-0.05, 0) is 37.5 Å². The lowest BCUT2D eigenvalue weighted by atomic mass is 9.92. The average Bonchev–Trinajstić information content (AvgIpc) is 2.80. The van der Waals surface area contributed by atoms with Gasteiger partial charge in [0.25, 0.3) is 0 Å². The Labute approximate surface area is 118 Å². The van der Waals surface area contributed by atoms with Crippen LogP contribution in [-0.2, 0) is 16.0 Å². The SMILES string of the molecule is C[C@@H]1C[C@@H]2CN(C(=O)Cc3ccc(F)cc3)CC[C@@H]2O1. The van der Waals surface area contributed by atoms with Crippen LogP contribution in [0.2, 0.25) is 0 Å². The number of likely N-dealkylation sites (tertiary alicyclic amines) is 1. The van der Waals surface area contributed by atoms with E-state index >= 15 is 0 Å². The van der Waals surface area contributed by atoms with Gasteiger partial charge in [-0.25, -0.2) is 4.39 Å². The number of piperidine rings is 1. The van der Waals surface area contributed by atoms with E-state index in [0.29, 0.717) is 24.5 Å². The lowest BCUT2D eigenvalue weighted by molar-refractivity contribution is -0.133. The quantitative estimate of drug-likeness (QED) is 0.830. The Hall–Kier alpha value is -1.42. The summed E-state index contributed by atoms with van der Waals surface area (Å²) in [4.78, 5) is 14.3. The van der Waals surface area contributed by atoms with Gasteiger partial charge in [0.05, 0.1) is 18.6 Å². The molecule has 0 bridgehead atoms. The number of nitrogens with zero attached hydrogens (tertiary/aromatic N) is 1. The maximum absolute atomic E-state index is 12.9. The van der Waals surface area contributed by atoms with Gasteiger partial charge in [-0.3, -0.25) is 4.79 Å². The summed E-state index contributed by atoms with van der Waals surface area (Å²) in [5.41, 5.74) is 0.870. The number of benzene rings is 1. The molecule has 1 aromatic carbocycles. The van der Waals surface area contributed by atoms with Crippen molar-refractivity contribution in [1.82, 2.24) is 4.90 Å². The molecule has 0 aromatic heterocycles. The Kier molecular flexibility index (Phi) is 3.74. The van der Waals surface area contributed by atoms with Crippen molar-refractivity contribution in [2.24, 2.45) is 5.92 Å². The van der Waals surface area contributed by atoms with E-state index in [-0.39, 0.29) is 11.7 Å². The highest BCUT2D eigenvalue weighted by Gasteiger charge is 2.38. The zero-order chi connectivity index (χ0) is 14.1. The summed E-state index contributed by atoms with van der Waals surface area (Å²) in [7, 11) is 0. The molecule has 0 saturated carbocycles. The van der Waals surface area contributed by atoms with Gasteiger partial charge in [0.15, 0.2) is 0 Å². The normalized spacial score (nSPS) is 29.3. The van der Waals surface area contributed by atoms with Gasteiger partial charge in [0.1, 0.15) is 5.82 Å². The molecule has 0 unspecified atom stereocenters. The molecule has 0 radical (unpaired) electrons. The molecule has 20 heavy (non-hydrogen) atoms. The third-order valence-electron chi connectivity index (χ3n) is 4.33. The van der Waals surface area contributed by atoms with E-state index < -0.39 is 0 Å². The third kappa shape index (κ3) is 2.85. The first-order chi connectivity index (χ1) is 9.61. The van der Waals surface area contributed by atoms with E-state index in [1.54, 1.807) is 12.1 Å². The summed E-state index contributed by atoms with van der Waals surface area (Å²) in [6.07, 6.45) is 2.99. The van der Waals surface area contributed by atoms with Crippen LogP contribution in [-0.4, -0.2) is 36.1 Å². The first-order valence-electron chi connectivity index (χ1n) is 7.29. The van der Waals surface area contributed by atoms with Crippen LogP contribution in [0.5, 0.6) is 0 Å². The van der Waals surface area contributed by atoms with E-state index in [1.807, 2.05) is 4.90 Å². The molecule has 0 N–H and O–H groups in total. The van der Waals surface area contributed by atoms with Crippen LogP contribution in [0.3, 0.4) is 0 Å². The summed E-state index contributed by atoms with van der Waals surface area (Å²) < 4.78 is 18.7. The topological polar surface area (TPSA) is 29.5 Å². The van der Waals surface area contributed by atoms with Gasteiger partial charge in [0.2, 0.25) is 5.91 Å². The Bertz CT molecular complexity index is 488. The molecule has 1 amide bonds.